The van der Waals surface area contributed by atoms with E-state index < -0.39 is 0 Å². The molecule has 0 aliphatic rings. The van der Waals surface area contributed by atoms with Crippen LogP contribution in [0, 0.1) is 0 Å². The van der Waals surface area contributed by atoms with Gasteiger partial charge in [0.1, 0.15) is 0 Å². The number of thiazole rings is 1. The molecule has 0 fully saturated rings. The number of nitrogens with one attached hydrogen (secondary N) is 1. The summed E-state index contributed by atoms with van der Waals surface area (Å²) in [5, 5.41) is 4.02. The Balaban J connectivity index is 2.29. The van der Waals surface area contributed by atoms with Crippen molar-refractivity contribution >= 4 is 16.5 Å². The van der Waals surface area contributed by atoms with E-state index in [2.05, 4.69) is 55.3 Å². The average Bonchev–Trinajstić information content (AvgIpc) is 2.76. The van der Waals surface area contributed by atoms with E-state index in [9.17, 15) is 0 Å². The number of hydrogen-bond donors (Lipinski definition) is 1. The van der Waals surface area contributed by atoms with E-state index in [0.717, 1.165) is 5.13 Å². The van der Waals surface area contributed by atoms with Crippen LogP contribution < -0.4 is 5.32 Å². The first-order valence-electron chi connectivity index (χ1n) is 5.75. The molecule has 1 heterocycles. The molecule has 0 atom stereocenters. The van der Waals surface area contributed by atoms with Gasteiger partial charge in [0.15, 0.2) is 5.13 Å². The van der Waals surface area contributed by atoms with Crippen LogP contribution in [-0.2, 0) is 5.41 Å². The molecule has 3 heteroatoms. The molecule has 0 spiro atoms. The second kappa shape index (κ2) is 4.49. The molecular weight excluding hydrogens is 228 g/mol. The van der Waals surface area contributed by atoms with Gasteiger partial charge in [-0.15, -0.1) is 0 Å². The molecule has 17 heavy (non-hydrogen) atoms. The van der Waals surface area contributed by atoms with Crippen LogP contribution in [0.2, 0.25) is 0 Å². The van der Waals surface area contributed by atoms with Crippen LogP contribution in [0.3, 0.4) is 0 Å². The van der Waals surface area contributed by atoms with Gasteiger partial charge in [-0.05, 0) is 16.5 Å². The van der Waals surface area contributed by atoms with Crippen molar-refractivity contribution in [2.75, 3.05) is 12.4 Å². The van der Waals surface area contributed by atoms with E-state index in [1.54, 1.807) is 11.3 Å². The van der Waals surface area contributed by atoms with E-state index in [4.69, 9.17) is 0 Å². The lowest BCUT2D eigenvalue weighted by atomic mass is 9.87. The maximum Gasteiger partial charge on any atom is 0.182 e. The number of anilines is 1. The van der Waals surface area contributed by atoms with E-state index >= 15 is 0 Å². The quantitative estimate of drug-likeness (QED) is 0.861. The summed E-state index contributed by atoms with van der Waals surface area (Å²) in [7, 11) is 1.89. The molecular formula is C14H18N2S. The zero-order chi connectivity index (χ0) is 12.5. The highest BCUT2D eigenvalue weighted by Crippen LogP contribution is 2.30. The van der Waals surface area contributed by atoms with Gasteiger partial charge in [0.2, 0.25) is 0 Å². The normalized spacial score (nSPS) is 11.5. The van der Waals surface area contributed by atoms with Crippen LogP contribution in [0.4, 0.5) is 5.13 Å². The van der Waals surface area contributed by atoms with Gasteiger partial charge in [-0.25, -0.2) is 4.98 Å². The lowest BCUT2D eigenvalue weighted by Gasteiger charge is -2.18. The predicted molar refractivity (Wildman–Crippen MR) is 75.8 cm³/mol. The van der Waals surface area contributed by atoms with Gasteiger partial charge < -0.3 is 5.32 Å². The van der Waals surface area contributed by atoms with Gasteiger partial charge in [0.25, 0.3) is 0 Å². The highest BCUT2D eigenvalue weighted by atomic mass is 32.1. The zero-order valence-corrected chi connectivity index (χ0v) is 11.6. The molecule has 1 aromatic carbocycles. The van der Waals surface area contributed by atoms with Crippen molar-refractivity contribution in [2.24, 2.45) is 0 Å². The summed E-state index contributed by atoms with van der Waals surface area (Å²) in [6.07, 6.45) is 1.92. The number of benzene rings is 1. The molecule has 0 saturated heterocycles. The van der Waals surface area contributed by atoms with E-state index in [-0.39, 0.29) is 5.41 Å². The smallest absolute Gasteiger partial charge is 0.182 e. The third kappa shape index (κ3) is 2.67. The van der Waals surface area contributed by atoms with E-state index in [1.807, 2.05) is 13.2 Å². The summed E-state index contributed by atoms with van der Waals surface area (Å²) in [6.45, 7) is 6.69. The fraction of sp³-hybridized carbons (Fsp3) is 0.357. The van der Waals surface area contributed by atoms with Gasteiger partial charge in [-0.3, -0.25) is 0 Å². The van der Waals surface area contributed by atoms with Crippen LogP contribution in [0.25, 0.3) is 10.4 Å². The van der Waals surface area contributed by atoms with E-state index in [0.29, 0.717) is 0 Å². The summed E-state index contributed by atoms with van der Waals surface area (Å²) in [5.41, 5.74) is 2.80. The lowest BCUT2D eigenvalue weighted by Crippen LogP contribution is -2.10. The van der Waals surface area contributed by atoms with Crippen molar-refractivity contribution in [3.8, 4) is 10.4 Å². The molecule has 1 aromatic heterocycles. The Morgan fingerprint density at radius 1 is 1.12 bits per heavy atom. The maximum absolute atomic E-state index is 4.29. The molecule has 0 amide bonds. The number of rotatable bonds is 2. The molecule has 0 aliphatic heterocycles. The van der Waals surface area contributed by atoms with Crippen molar-refractivity contribution in [3.05, 3.63) is 36.0 Å². The van der Waals surface area contributed by atoms with Gasteiger partial charge in [-0.2, -0.15) is 0 Å². The molecule has 2 nitrogen and oxygen atoms in total. The van der Waals surface area contributed by atoms with Crippen molar-refractivity contribution in [3.63, 3.8) is 0 Å². The van der Waals surface area contributed by atoms with Crippen LogP contribution in [-0.4, -0.2) is 12.0 Å². The molecule has 0 saturated carbocycles. The Bertz CT molecular complexity index is 492. The third-order valence-corrected chi connectivity index (χ3v) is 3.82. The summed E-state index contributed by atoms with van der Waals surface area (Å²) in [5.74, 6) is 0. The Hall–Kier alpha value is -1.35. The molecule has 0 aliphatic carbocycles. The van der Waals surface area contributed by atoms with Crippen molar-refractivity contribution in [2.45, 2.75) is 26.2 Å². The lowest BCUT2D eigenvalue weighted by molar-refractivity contribution is 0.590. The monoisotopic (exact) mass is 246 g/mol. The van der Waals surface area contributed by atoms with Gasteiger partial charge >= 0.3 is 0 Å². The van der Waals surface area contributed by atoms with Crippen LogP contribution >= 0.6 is 11.3 Å². The topological polar surface area (TPSA) is 24.9 Å². The molecule has 0 radical (unpaired) electrons. The highest BCUT2D eigenvalue weighted by Gasteiger charge is 2.13. The predicted octanol–water partition coefficient (Wildman–Crippen LogP) is 4.15. The fourth-order valence-electron chi connectivity index (χ4n) is 1.66. The average molecular weight is 246 g/mol. The van der Waals surface area contributed by atoms with Gasteiger partial charge in [0, 0.05) is 13.2 Å². The fourth-order valence-corrected chi connectivity index (χ4v) is 2.43. The first kappa shape index (κ1) is 12.1. The first-order chi connectivity index (χ1) is 8.00. The Morgan fingerprint density at radius 3 is 2.24 bits per heavy atom. The summed E-state index contributed by atoms with van der Waals surface area (Å²) < 4.78 is 0. The maximum atomic E-state index is 4.29. The van der Waals surface area contributed by atoms with Crippen molar-refractivity contribution in [1.82, 2.24) is 4.98 Å². The number of aromatic nitrogens is 1. The molecule has 90 valence electrons. The van der Waals surface area contributed by atoms with Crippen molar-refractivity contribution < 1.29 is 0 Å². The minimum absolute atomic E-state index is 0.211. The van der Waals surface area contributed by atoms with Crippen molar-refractivity contribution in [1.29, 1.82) is 0 Å². The summed E-state index contributed by atoms with van der Waals surface area (Å²) in [4.78, 5) is 5.49. The largest absolute Gasteiger partial charge is 0.365 e. The minimum Gasteiger partial charge on any atom is -0.365 e. The molecule has 0 bridgehead atoms. The Morgan fingerprint density at radius 2 is 1.76 bits per heavy atom. The second-order valence-electron chi connectivity index (χ2n) is 5.11. The van der Waals surface area contributed by atoms with Crippen LogP contribution in [0.5, 0.6) is 0 Å². The van der Waals surface area contributed by atoms with E-state index in [1.165, 1.54) is 16.0 Å². The molecule has 2 rings (SSSR count). The first-order valence-corrected chi connectivity index (χ1v) is 6.57. The summed E-state index contributed by atoms with van der Waals surface area (Å²) in [6, 6.07) is 8.75. The van der Waals surface area contributed by atoms with Crippen LogP contribution in [0.1, 0.15) is 26.3 Å². The van der Waals surface area contributed by atoms with Gasteiger partial charge in [-0.1, -0.05) is 56.4 Å². The number of hydrogen-bond acceptors (Lipinski definition) is 3. The zero-order valence-electron chi connectivity index (χ0n) is 10.7. The Labute approximate surface area is 107 Å². The molecule has 1 N–H and O–H groups in total. The van der Waals surface area contributed by atoms with Crippen LogP contribution in [0.15, 0.2) is 30.5 Å². The molecule has 2 aromatic rings. The summed E-state index contributed by atoms with van der Waals surface area (Å²) >= 11 is 1.68. The highest BCUT2D eigenvalue weighted by molar-refractivity contribution is 7.18. The third-order valence-electron chi connectivity index (χ3n) is 2.75. The molecule has 0 unspecified atom stereocenters. The van der Waals surface area contributed by atoms with Gasteiger partial charge in [0.05, 0.1) is 4.88 Å². The Kier molecular flexibility index (Phi) is 3.20. The SMILES string of the molecule is CNc1ncc(-c2ccc(C(C)(C)C)cc2)s1. The second-order valence-corrected chi connectivity index (χ2v) is 6.14. The standard InChI is InChI=1S/C14H18N2S/c1-14(2,3)11-7-5-10(6-8-11)12-9-16-13(15-4)17-12/h5-9H,1-4H3,(H,15,16). The number of nitrogens with zero attached hydrogens (tertiary/aromatic N) is 1. The minimum atomic E-state index is 0.211.